The molecule has 1 aromatic heterocycles. The van der Waals surface area contributed by atoms with E-state index in [0.717, 1.165) is 22.5 Å². The number of ether oxygens (including phenoxy) is 2. The Labute approximate surface area is 190 Å². The van der Waals surface area contributed by atoms with E-state index in [9.17, 15) is 22.4 Å². The lowest BCUT2D eigenvalue weighted by molar-refractivity contribution is 0.0435. The molecule has 0 saturated heterocycles. The Morgan fingerprint density at radius 3 is 2.36 bits per heavy atom. The predicted octanol–water partition coefficient (Wildman–Crippen LogP) is 4.14. The molecule has 0 aliphatic heterocycles. The normalized spacial score (nSPS) is 11.7. The maximum absolute atomic E-state index is 14.3. The lowest BCUT2D eigenvalue weighted by Crippen LogP contribution is -2.31. The number of furan rings is 1. The van der Waals surface area contributed by atoms with Crippen LogP contribution in [0, 0.1) is 5.82 Å². The third-order valence-corrected chi connectivity index (χ3v) is 7.06. The van der Waals surface area contributed by atoms with Crippen LogP contribution in [0.5, 0.6) is 0 Å². The zero-order valence-electron chi connectivity index (χ0n) is 18.5. The Bertz CT molecular complexity index is 1280. The quantitative estimate of drug-likeness (QED) is 0.427. The van der Waals surface area contributed by atoms with Gasteiger partial charge >= 0.3 is 11.9 Å². The van der Waals surface area contributed by atoms with Crippen LogP contribution in [0.1, 0.15) is 47.2 Å². The van der Waals surface area contributed by atoms with Crippen molar-refractivity contribution in [1.82, 2.24) is 4.31 Å². The van der Waals surface area contributed by atoms with Crippen LogP contribution < -0.4 is 0 Å². The summed E-state index contributed by atoms with van der Waals surface area (Å²) in [5.74, 6) is -2.64. The fourth-order valence-corrected chi connectivity index (χ4v) is 4.90. The smallest absolute Gasteiger partial charge is 0.374 e. The van der Waals surface area contributed by atoms with Crippen molar-refractivity contribution in [2.75, 3.05) is 19.7 Å². The minimum absolute atomic E-state index is 0.0882. The van der Waals surface area contributed by atoms with E-state index < -0.39 is 32.7 Å². The topological polar surface area (TPSA) is 103 Å². The number of para-hydroxylation sites is 1. The first-order valence-corrected chi connectivity index (χ1v) is 11.8. The largest absolute Gasteiger partial charge is 0.460 e. The van der Waals surface area contributed by atoms with Crippen molar-refractivity contribution in [2.45, 2.75) is 32.3 Å². The van der Waals surface area contributed by atoms with Gasteiger partial charge in [-0.05, 0) is 31.2 Å². The third-order valence-electron chi connectivity index (χ3n) is 5.00. The van der Waals surface area contributed by atoms with E-state index in [-0.39, 0.29) is 37.6 Å². The maximum atomic E-state index is 14.3. The number of benzene rings is 2. The summed E-state index contributed by atoms with van der Waals surface area (Å²) in [4.78, 5) is 24.4. The molecule has 0 saturated carbocycles. The second-order valence-corrected chi connectivity index (χ2v) is 8.84. The Morgan fingerprint density at radius 2 is 1.70 bits per heavy atom. The van der Waals surface area contributed by atoms with Crippen LogP contribution in [0.4, 0.5) is 4.39 Å². The van der Waals surface area contributed by atoms with Gasteiger partial charge in [-0.25, -0.2) is 22.4 Å². The molecule has 1 heterocycles. The van der Waals surface area contributed by atoms with E-state index >= 15 is 0 Å². The number of hydrogen-bond donors (Lipinski definition) is 0. The van der Waals surface area contributed by atoms with Gasteiger partial charge in [0.15, 0.2) is 0 Å². The van der Waals surface area contributed by atoms with Crippen LogP contribution >= 0.6 is 0 Å². The van der Waals surface area contributed by atoms with Gasteiger partial charge in [0.05, 0.1) is 17.7 Å². The van der Waals surface area contributed by atoms with Gasteiger partial charge in [-0.15, -0.1) is 0 Å². The molecule has 0 unspecified atom stereocenters. The molecular weight excluding hydrogens is 453 g/mol. The molecule has 10 heteroatoms. The van der Waals surface area contributed by atoms with Gasteiger partial charge in [0.25, 0.3) is 0 Å². The first-order valence-electron chi connectivity index (χ1n) is 10.4. The van der Waals surface area contributed by atoms with Crippen molar-refractivity contribution >= 4 is 32.9 Å². The summed E-state index contributed by atoms with van der Waals surface area (Å²) in [6, 6.07) is 9.83. The molecule has 0 radical (unpaired) electrons. The summed E-state index contributed by atoms with van der Waals surface area (Å²) in [6.45, 7) is 5.02. The molecule has 2 aromatic carbocycles. The van der Waals surface area contributed by atoms with Crippen LogP contribution in [-0.4, -0.2) is 44.4 Å². The van der Waals surface area contributed by atoms with Crippen molar-refractivity contribution in [3.63, 3.8) is 0 Å². The van der Waals surface area contributed by atoms with Crippen LogP contribution in [0.2, 0.25) is 0 Å². The Morgan fingerprint density at radius 1 is 1.00 bits per heavy atom. The summed E-state index contributed by atoms with van der Waals surface area (Å²) >= 11 is 0. The number of hydrogen-bond acceptors (Lipinski definition) is 7. The van der Waals surface area contributed by atoms with Crippen molar-refractivity contribution in [2.24, 2.45) is 0 Å². The number of halogens is 1. The molecule has 176 valence electrons. The fraction of sp³-hybridized carbons (Fsp3) is 0.304. The molecule has 0 fully saturated rings. The highest BCUT2D eigenvalue weighted by Gasteiger charge is 2.27. The van der Waals surface area contributed by atoms with E-state index in [2.05, 4.69) is 0 Å². The highest BCUT2D eigenvalue weighted by Crippen LogP contribution is 2.28. The Hall–Kier alpha value is -3.24. The SMILES string of the molecule is CCOC(=O)c1oc2ccccc2c1COC(=O)c1ccc(F)c(S(=O)(=O)N(CC)CC)c1. The molecule has 0 spiro atoms. The lowest BCUT2D eigenvalue weighted by Gasteiger charge is -2.19. The van der Waals surface area contributed by atoms with Gasteiger partial charge in [0.1, 0.15) is 22.9 Å². The van der Waals surface area contributed by atoms with Gasteiger partial charge in [0, 0.05) is 18.5 Å². The third kappa shape index (κ3) is 4.91. The molecule has 0 amide bonds. The number of esters is 2. The molecule has 8 nitrogen and oxygen atoms in total. The molecule has 3 rings (SSSR count). The highest BCUT2D eigenvalue weighted by atomic mass is 32.2. The van der Waals surface area contributed by atoms with Crippen LogP contribution in [0.15, 0.2) is 51.8 Å². The first kappa shape index (κ1) is 24.4. The van der Waals surface area contributed by atoms with Gasteiger partial charge in [-0.2, -0.15) is 4.31 Å². The minimum Gasteiger partial charge on any atom is -0.460 e. The monoisotopic (exact) mass is 477 g/mol. The minimum atomic E-state index is -4.12. The standard InChI is InChI=1S/C23H24FNO7S/c1-4-25(5-2)33(28,29)20-13-15(11-12-18(20)24)22(26)31-14-17-16-9-7-8-10-19(16)32-21(17)23(27)30-6-3/h7-13H,4-6,14H2,1-3H3. The summed E-state index contributed by atoms with van der Waals surface area (Å²) in [6.07, 6.45) is 0. The summed E-state index contributed by atoms with van der Waals surface area (Å²) in [5.41, 5.74) is 0.587. The van der Waals surface area contributed by atoms with Gasteiger partial charge in [0.2, 0.25) is 15.8 Å². The van der Waals surface area contributed by atoms with Gasteiger partial charge in [-0.3, -0.25) is 0 Å². The Balaban J connectivity index is 1.90. The summed E-state index contributed by atoms with van der Waals surface area (Å²) in [7, 11) is -4.12. The van der Waals surface area contributed by atoms with Crippen molar-refractivity contribution in [1.29, 1.82) is 0 Å². The first-order chi connectivity index (χ1) is 15.7. The molecule has 33 heavy (non-hydrogen) atoms. The number of carbonyl (C=O) groups is 2. The maximum Gasteiger partial charge on any atom is 0.374 e. The van der Waals surface area contributed by atoms with E-state index in [1.54, 1.807) is 45.0 Å². The second kappa shape index (κ2) is 10.1. The van der Waals surface area contributed by atoms with E-state index in [0.29, 0.717) is 16.5 Å². The van der Waals surface area contributed by atoms with Crippen molar-refractivity contribution < 1.29 is 36.3 Å². The van der Waals surface area contributed by atoms with Crippen LogP contribution in [0.25, 0.3) is 11.0 Å². The molecule has 0 atom stereocenters. The highest BCUT2D eigenvalue weighted by molar-refractivity contribution is 7.89. The van der Waals surface area contributed by atoms with E-state index in [1.807, 2.05) is 0 Å². The predicted molar refractivity (Wildman–Crippen MR) is 118 cm³/mol. The average Bonchev–Trinajstić information content (AvgIpc) is 3.17. The summed E-state index contributed by atoms with van der Waals surface area (Å²) in [5, 5.41) is 0.567. The zero-order chi connectivity index (χ0) is 24.2. The second-order valence-electron chi connectivity index (χ2n) is 6.94. The zero-order valence-corrected chi connectivity index (χ0v) is 19.3. The van der Waals surface area contributed by atoms with Gasteiger partial charge in [-0.1, -0.05) is 32.0 Å². The molecular formula is C23H24FNO7S. The number of rotatable bonds is 9. The van der Waals surface area contributed by atoms with Crippen molar-refractivity contribution in [3.8, 4) is 0 Å². The average molecular weight is 478 g/mol. The lowest BCUT2D eigenvalue weighted by atomic mass is 10.1. The van der Waals surface area contributed by atoms with E-state index in [1.165, 1.54) is 0 Å². The number of sulfonamides is 1. The molecule has 0 aliphatic carbocycles. The number of carbonyl (C=O) groups excluding carboxylic acids is 2. The molecule has 0 aliphatic rings. The van der Waals surface area contributed by atoms with Crippen LogP contribution in [0.3, 0.4) is 0 Å². The summed E-state index contributed by atoms with van der Waals surface area (Å²) < 4.78 is 56.8. The molecule has 0 N–H and O–H groups in total. The van der Waals surface area contributed by atoms with Gasteiger partial charge < -0.3 is 13.9 Å². The fourth-order valence-electron chi connectivity index (χ4n) is 3.36. The van der Waals surface area contributed by atoms with Crippen molar-refractivity contribution in [3.05, 3.63) is 65.2 Å². The molecule has 3 aromatic rings. The number of fused-ring (bicyclic) bond motifs is 1. The van der Waals surface area contributed by atoms with Crippen LogP contribution in [-0.2, 0) is 26.1 Å². The van der Waals surface area contributed by atoms with E-state index in [4.69, 9.17) is 13.9 Å². The number of nitrogens with zero attached hydrogens (tertiary/aromatic N) is 1. The Kier molecular flexibility index (Phi) is 7.50. The molecule has 0 bridgehead atoms.